The predicted octanol–water partition coefficient (Wildman–Crippen LogP) is 2.19. The van der Waals surface area contributed by atoms with Gasteiger partial charge in [-0.15, -0.1) is 0 Å². The lowest BCUT2D eigenvalue weighted by Gasteiger charge is -2.29. The van der Waals surface area contributed by atoms with E-state index in [0.29, 0.717) is 6.04 Å². The third-order valence-electron chi connectivity index (χ3n) is 3.30. The monoisotopic (exact) mass is 222 g/mol. The summed E-state index contributed by atoms with van der Waals surface area (Å²) in [5.74, 6) is -0.182. The number of nitrogens with one attached hydrogen (secondary N) is 1. The van der Waals surface area contributed by atoms with E-state index in [0.717, 1.165) is 24.9 Å². The molecule has 0 spiro atoms. The van der Waals surface area contributed by atoms with Crippen LogP contribution in [-0.2, 0) is 6.54 Å². The zero-order chi connectivity index (χ0) is 11.4. The second kappa shape index (κ2) is 5.41. The maximum absolute atomic E-state index is 12.7. The summed E-state index contributed by atoms with van der Waals surface area (Å²) in [6, 6.07) is 7.32. The van der Waals surface area contributed by atoms with Gasteiger partial charge in [-0.1, -0.05) is 25.0 Å². The number of halogens is 1. The smallest absolute Gasteiger partial charge is 0.123 e. The predicted molar refractivity (Wildman–Crippen MR) is 63.5 cm³/mol. The normalized spacial score (nSPS) is 25.6. The molecule has 16 heavy (non-hydrogen) atoms. The molecule has 88 valence electrons. The third kappa shape index (κ3) is 3.03. The minimum atomic E-state index is -0.182. The van der Waals surface area contributed by atoms with Crippen molar-refractivity contribution >= 4 is 0 Å². The Kier molecular flexibility index (Phi) is 3.91. The van der Waals surface area contributed by atoms with Gasteiger partial charge in [-0.3, -0.25) is 0 Å². The Bertz CT molecular complexity index is 323. The van der Waals surface area contributed by atoms with Gasteiger partial charge in [0.05, 0.1) is 0 Å². The van der Waals surface area contributed by atoms with E-state index in [1.54, 1.807) is 0 Å². The van der Waals surface area contributed by atoms with Gasteiger partial charge in [0.2, 0.25) is 0 Å². The van der Waals surface area contributed by atoms with Crippen LogP contribution in [0.3, 0.4) is 0 Å². The summed E-state index contributed by atoms with van der Waals surface area (Å²) in [4.78, 5) is 0. The maximum Gasteiger partial charge on any atom is 0.123 e. The molecule has 1 aliphatic carbocycles. The van der Waals surface area contributed by atoms with Gasteiger partial charge in [0.25, 0.3) is 0 Å². The molecule has 0 saturated heterocycles. The summed E-state index contributed by atoms with van der Waals surface area (Å²) in [6.07, 6.45) is 4.77. The first-order chi connectivity index (χ1) is 7.75. The lowest BCUT2D eigenvalue weighted by molar-refractivity contribution is 0.326. The van der Waals surface area contributed by atoms with E-state index in [1.165, 1.54) is 25.0 Å². The standard InChI is InChI=1S/C13H19FN2/c14-11-7-5-10(6-8-11)9-16-13-4-2-1-3-12(13)15/h5-8,12-13,16H,1-4,9,15H2/t12-,13+/m1/s1. The first-order valence-corrected chi connectivity index (χ1v) is 5.99. The second-order valence-corrected chi connectivity index (χ2v) is 4.56. The van der Waals surface area contributed by atoms with Gasteiger partial charge in [0.1, 0.15) is 5.82 Å². The lowest BCUT2D eigenvalue weighted by Crippen LogP contribution is -2.46. The summed E-state index contributed by atoms with van der Waals surface area (Å²) in [5, 5.41) is 3.46. The topological polar surface area (TPSA) is 38.0 Å². The SMILES string of the molecule is N[C@@H]1CCCC[C@@H]1NCc1ccc(F)cc1. The van der Waals surface area contributed by atoms with Gasteiger partial charge in [0, 0.05) is 18.6 Å². The zero-order valence-corrected chi connectivity index (χ0v) is 9.45. The molecule has 0 unspecified atom stereocenters. The Labute approximate surface area is 96.0 Å². The quantitative estimate of drug-likeness (QED) is 0.822. The molecule has 1 saturated carbocycles. The van der Waals surface area contributed by atoms with E-state index < -0.39 is 0 Å². The second-order valence-electron chi connectivity index (χ2n) is 4.56. The van der Waals surface area contributed by atoms with Gasteiger partial charge in [-0.05, 0) is 30.5 Å². The van der Waals surface area contributed by atoms with Gasteiger partial charge in [0.15, 0.2) is 0 Å². The summed E-state index contributed by atoms with van der Waals surface area (Å²) < 4.78 is 12.7. The average Bonchev–Trinajstić information content (AvgIpc) is 2.30. The van der Waals surface area contributed by atoms with Crippen LogP contribution in [0.1, 0.15) is 31.2 Å². The fourth-order valence-corrected chi connectivity index (χ4v) is 2.26. The Morgan fingerprint density at radius 2 is 1.88 bits per heavy atom. The number of hydrogen-bond acceptors (Lipinski definition) is 2. The Morgan fingerprint density at radius 3 is 2.56 bits per heavy atom. The average molecular weight is 222 g/mol. The van der Waals surface area contributed by atoms with Crippen LogP contribution >= 0.6 is 0 Å². The molecule has 0 radical (unpaired) electrons. The van der Waals surface area contributed by atoms with Gasteiger partial charge >= 0.3 is 0 Å². The summed E-state index contributed by atoms with van der Waals surface area (Å²) in [6.45, 7) is 0.776. The molecule has 1 aromatic rings. The molecule has 2 rings (SSSR count). The summed E-state index contributed by atoms with van der Waals surface area (Å²) in [7, 11) is 0. The van der Waals surface area contributed by atoms with Crippen molar-refractivity contribution in [1.29, 1.82) is 0 Å². The highest BCUT2D eigenvalue weighted by atomic mass is 19.1. The molecule has 2 nitrogen and oxygen atoms in total. The molecular formula is C13H19FN2. The van der Waals surface area contributed by atoms with Crippen LogP contribution in [0.4, 0.5) is 4.39 Å². The largest absolute Gasteiger partial charge is 0.326 e. The van der Waals surface area contributed by atoms with Crippen LogP contribution in [0.5, 0.6) is 0 Å². The van der Waals surface area contributed by atoms with Crippen molar-refractivity contribution in [3.8, 4) is 0 Å². The molecule has 0 amide bonds. The first kappa shape index (κ1) is 11.6. The van der Waals surface area contributed by atoms with Crippen molar-refractivity contribution in [2.75, 3.05) is 0 Å². The minimum absolute atomic E-state index is 0.182. The van der Waals surface area contributed by atoms with Crippen molar-refractivity contribution in [1.82, 2.24) is 5.32 Å². The van der Waals surface area contributed by atoms with Gasteiger partial charge in [-0.2, -0.15) is 0 Å². The molecule has 2 atom stereocenters. The van der Waals surface area contributed by atoms with Crippen LogP contribution in [-0.4, -0.2) is 12.1 Å². The van der Waals surface area contributed by atoms with Crippen LogP contribution in [0, 0.1) is 5.82 Å². The Morgan fingerprint density at radius 1 is 1.19 bits per heavy atom. The first-order valence-electron chi connectivity index (χ1n) is 5.99. The van der Waals surface area contributed by atoms with E-state index >= 15 is 0 Å². The van der Waals surface area contributed by atoms with Crippen LogP contribution < -0.4 is 11.1 Å². The molecule has 1 fully saturated rings. The minimum Gasteiger partial charge on any atom is -0.326 e. The molecule has 0 heterocycles. The van der Waals surface area contributed by atoms with Crippen LogP contribution in [0.25, 0.3) is 0 Å². The Balaban J connectivity index is 1.84. The van der Waals surface area contributed by atoms with E-state index in [1.807, 2.05) is 12.1 Å². The maximum atomic E-state index is 12.7. The molecule has 1 aliphatic rings. The van der Waals surface area contributed by atoms with Crippen molar-refractivity contribution in [3.05, 3.63) is 35.6 Å². The highest BCUT2D eigenvalue weighted by Crippen LogP contribution is 2.17. The Hall–Kier alpha value is -0.930. The summed E-state index contributed by atoms with van der Waals surface area (Å²) >= 11 is 0. The number of hydrogen-bond donors (Lipinski definition) is 2. The van der Waals surface area contributed by atoms with E-state index in [2.05, 4.69) is 5.32 Å². The van der Waals surface area contributed by atoms with Crippen molar-refractivity contribution in [2.45, 2.75) is 44.3 Å². The van der Waals surface area contributed by atoms with Crippen LogP contribution in [0.2, 0.25) is 0 Å². The fourth-order valence-electron chi connectivity index (χ4n) is 2.26. The number of rotatable bonds is 3. The van der Waals surface area contributed by atoms with E-state index in [4.69, 9.17) is 5.73 Å². The number of nitrogens with two attached hydrogens (primary N) is 1. The molecule has 1 aromatic carbocycles. The van der Waals surface area contributed by atoms with Crippen LogP contribution in [0.15, 0.2) is 24.3 Å². The lowest BCUT2D eigenvalue weighted by atomic mass is 9.91. The van der Waals surface area contributed by atoms with E-state index in [-0.39, 0.29) is 11.9 Å². The molecular weight excluding hydrogens is 203 g/mol. The third-order valence-corrected chi connectivity index (χ3v) is 3.30. The molecule has 3 N–H and O–H groups in total. The zero-order valence-electron chi connectivity index (χ0n) is 9.45. The van der Waals surface area contributed by atoms with Crippen molar-refractivity contribution < 1.29 is 4.39 Å². The number of benzene rings is 1. The van der Waals surface area contributed by atoms with Crippen molar-refractivity contribution in [2.24, 2.45) is 5.73 Å². The molecule has 0 bridgehead atoms. The fraction of sp³-hybridized carbons (Fsp3) is 0.538. The summed E-state index contributed by atoms with van der Waals surface area (Å²) in [5.41, 5.74) is 7.16. The highest BCUT2D eigenvalue weighted by Gasteiger charge is 2.20. The molecule has 0 aliphatic heterocycles. The van der Waals surface area contributed by atoms with Gasteiger partial charge in [-0.25, -0.2) is 4.39 Å². The molecule has 0 aromatic heterocycles. The molecule has 3 heteroatoms. The van der Waals surface area contributed by atoms with Crippen molar-refractivity contribution in [3.63, 3.8) is 0 Å². The van der Waals surface area contributed by atoms with E-state index in [9.17, 15) is 4.39 Å². The van der Waals surface area contributed by atoms with Gasteiger partial charge < -0.3 is 11.1 Å². The highest BCUT2D eigenvalue weighted by molar-refractivity contribution is 5.15.